The number of halogens is 4. The van der Waals surface area contributed by atoms with E-state index >= 15 is 0 Å². The van der Waals surface area contributed by atoms with Crippen LogP contribution in [0.3, 0.4) is 0 Å². The van der Waals surface area contributed by atoms with Gasteiger partial charge >= 0.3 is 14.0 Å². The molecular formula is C19H19ClF3O5P. The van der Waals surface area contributed by atoms with Gasteiger partial charge in [-0.05, 0) is 26.0 Å². The summed E-state index contributed by atoms with van der Waals surface area (Å²) < 4.78 is 71.2. The number of ketones is 1. The van der Waals surface area contributed by atoms with Crippen molar-refractivity contribution in [1.82, 2.24) is 0 Å². The van der Waals surface area contributed by atoms with Crippen molar-refractivity contribution >= 4 is 25.2 Å². The first kappa shape index (κ1) is 23.6. The third-order valence-corrected chi connectivity index (χ3v) is 5.69. The van der Waals surface area contributed by atoms with Crippen LogP contribution in [0.25, 0.3) is 0 Å². The molecule has 5 nitrogen and oxygen atoms in total. The molecule has 10 heteroatoms. The molecule has 1 unspecified atom stereocenters. The number of phosphoric ester groups is 1. The monoisotopic (exact) mass is 450 g/mol. The maximum atomic E-state index is 14.5. The van der Waals surface area contributed by atoms with E-state index in [1.165, 1.54) is 44.2 Å². The molecule has 2 aromatic carbocycles. The number of phosphoric acid groups is 1. The molecule has 0 saturated heterocycles. The molecular weight excluding hydrogens is 432 g/mol. The van der Waals surface area contributed by atoms with Gasteiger partial charge in [-0.1, -0.05) is 54.1 Å². The highest BCUT2D eigenvalue weighted by Gasteiger charge is 2.66. The molecule has 0 aliphatic carbocycles. The third kappa shape index (κ3) is 5.08. The van der Waals surface area contributed by atoms with E-state index in [0.29, 0.717) is 0 Å². The standard InChI is InChI=1S/C19H19ClF3O5P/c1-3-26-29(25,27-4-2)28-18(19(21,22)23,15-10-6-5-7-11-15)17(24)14-9-8-12-16(20)13-14/h5-13H,3-4H2,1-2H3. The molecule has 0 saturated carbocycles. The minimum absolute atomic E-state index is 0.0535. The Kier molecular flexibility index (Phi) is 7.65. The Bertz CT molecular complexity index is 881. The van der Waals surface area contributed by atoms with Crippen molar-refractivity contribution in [3.63, 3.8) is 0 Å². The van der Waals surface area contributed by atoms with Gasteiger partial charge in [0.05, 0.1) is 13.2 Å². The maximum Gasteiger partial charge on any atom is 0.476 e. The molecule has 2 aromatic rings. The Labute approximate surface area is 171 Å². The summed E-state index contributed by atoms with van der Waals surface area (Å²) in [7, 11) is -4.76. The number of carbonyl (C=O) groups is 1. The quantitative estimate of drug-likeness (QED) is 0.337. The first-order chi connectivity index (χ1) is 13.6. The third-order valence-electron chi connectivity index (χ3n) is 3.81. The molecule has 0 bridgehead atoms. The van der Waals surface area contributed by atoms with Crippen LogP contribution in [-0.4, -0.2) is 25.2 Å². The number of alkyl halides is 3. The van der Waals surface area contributed by atoms with Crippen molar-refractivity contribution in [2.75, 3.05) is 13.2 Å². The van der Waals surface area contributed by atoms with Crippen molar-refractivity contribution < 1.29 is 36.1 Å². The number of carbonyl (C=O) groups excluding carboxylic acids is 1. The molecule has 158 valence electrons. The number of hydrogen-bond acceptors (Lipinski definition) is 5. The maximum absolute atomic E-state index is 14.5. The van der Waals surface area contributed by atoms with Gasteiger partial charge in [-0.15, -0.1) is 0 Å². The zero-order valence-electron chi connectivity index (χ0n) is 15.6. The van der Waals surface area contributed by atoms with E-state index in [4.69, 9.17) is 25.2 Å². The summed E-state index contributed by atoms with van der Waals surface area (Å²) in [5, 5.41) is 0.0535. The summed E-state index contributed by atoms with van der Waals surface area (Å²) in [5.41, 5.74) is -4.59. The normalized spacial score (nSPS) is 14.4. The zero-order valence-corrected chi connectivity index (χ0v) is 17.3. The highest BCUT2D eigenvalue weighted by molar-refractivity contribution is 7.48. The lowest BCUT2D eigenvalue weighted by Crippen LogP contribution is -2.51. The summed E-state index contributed by atoms with van der Waals surface area (Å²) >= 11 is 5.85. The van der Waals surface area contributed by atoms with Crippen LogP contribution in [0.4, 0.5) is 13.2 Å². The molecule has 0 N–H and O–H groups in total. The predicted molar refractivity (Wildman–Crippen MR) is 102 cm³/mol. The first-order valence-corrected chi connectivity index (χ1v) is 10.5. The van der Waals surface area contributed by atoms with Gasteiger partial charge < -0.3 is 0 Å². The predicted octanol–water partition coefficient (Wildman–Crippen LogP) is 6.18. The summed E-state index contributed by atoms with van der Waals surface area (Å²) in [6, 6.07) is 11.1. The molecule has 0 amide bonds. The van der Waals surface area contributed by atoms with Crippen LogP contribution in [0.2, 0.25) is 5.02 Å². The van der Waals surface area contributed by atoms with Crippen LogP contribution >= 0.6 is 19.4 Å². The highest BCUT2D eigenvalue weighted by atomic mass is 35.5. The van der Waals surface area contributed by atoms with Gasteiger partial charge in [0.2, 0.25) is 5.78 Å². The van der Waals surface area contributed by atoms with Crippen molar-refractivity contribution in [3.05, 3.63) is 70.7 Å². The van der Waals surface area contributed by atoms with Gasteiger partial charge in [-0.3, -0.25) is 18.4 Å². The summed E-state index contributed by atoms with van der Waals surface area (Å²) in [6.07, 6.45) is -5.31. The average molecular weight is 451 g/mol. The SMILES string of the molecule is CCOP(=O)(OCC)OC(C(=O)c1cccc(Cl)c1)(c1ccccc1)C(F)(F)F. The van der Waals surface area contributed by atoms with Crippen LogP contribution in [-0.2, 0) is 23.7 Å². The van der Waals surface area contributed by atoms with Gasteiger partial charge in [-0.25, -0.2) is 4.57 Å². The second-order valence-electron chi connectivity index (χ2n) is 5.76. The Balaban J connectivity index is 2.78. The van der Waals surface area contributed by atoms with Gasteiger partial charge in [0.1, 0.15) is 0 Å². The Morgan fingerprint density at radius 3 is 2.07 bits per heavy atom. The molecule has 29 heavy (non-hydrogen) atoms. The Hall–Kier alpha value is -1.70. The summed E-state index contributed by atoms with van der Waals surface area (Å²) in [6.45, 7) is 2.30. The molecule has 1 atom stereocenters. The lowest BCUT2D eigenvalue weighted by atomic mass is 9.85. The fourth-order valence-electron chi connectivity index (χ4n) is 2.65. The smallest absolute Gasteiger partial charge is 0.290 e. The molecule has 0 aliphatic rings. The second-order valence-corrected chi connectivity index (χ2v) is 7.79. The average Bonchev–Trinajstić information content (AvgIpc) is 2.66. The highest BCUT2D eigenvalue weighted by Crippen LogP contribution is 2.59. The summed E-state index contributed by atoms with van der Waals surface area (Å²) in [4.78, 5) is 13.2. The minimum atomic E-state index is -5.31. The lowest BCUT2D eigenvalue weighted by Gasteiger charge is -2.36. The van der Waals surface area contributed by atoms with E-state index < -0.39 is 30.9 Å². The topological polar surface area (TPSA) is 61.8 Å². The van der Waals surface area contributed by atoms with Gasteiger partial charge in [0, 0.05) is 16.1 Å². The van der Waals surface area contributed by atoms with E-state index in [9.17, 15) is 22.5 Å². The van der Waals surface area contributed by atoms with Crippen molar-refractivity contribution in [3.8, 4) is 0 Å². The number of Topliss-reactive ketones (excluding diaryl/α,β-unsaturated/α-hetero) is 1. The van der Waals surface area contributed by atoms with Crippen LogP contribution in [0.15, 0.2) is 54.6 Å². The number of hydrogen-bond donors (Lipinski definition) is 0. The van der Waals surface area contributed by atoms with Crippen LogP contribution in [0.1, 0.15) is 29.8 Å². The van der Waals surface area contributed by atoms with Gasteiger partial charge in [-0.2, -0.15) is 13.2 Å². The van der Waals surface area contributed by atoms with Crippen LogP contribution < -0.4 is 0 Å². The first-order valence-electron chi connectivity index (χ1n) is 8.62. The Morgan fingerprint density at radius 2 is 1.59 bits per heavy atom. The van der Waals surface area contributed by atoms with Crippen LogP contribution in [0.5, 0.6) is 0 Å². The number of rotatable bonds is 9. The summed E-state index contributed by atoms with van der Waals surface area (Å²) in [5.74, 6) is -1.50. The largest absolute Gasteiger partial charge is 0.476 e. The zero-order chi connectivity index (χ0) is 21.7. The minimum Gasteiger partial charge on any atom is -0.290 e. The van der Waals surface area contributed by atoms with E-state index in [2.05, 4.69) is 0 Å². The molecule has 0 radical (unpaired) electrons. The number of benzene rings is 2. The van der Waals surface area contributed by atoms with Crippen molar-refractivity contribution in [2.45, 2.75) is 25.6 Å². The fourth-order valence-corrected chi connectivity index (χ4v) is 4.28. The van der Waals surface area contributed by atoms with Gasteiger partial charge in [0.25, 0.3) is 5.60 Å². The van der Waals surface area contributed by atoms with E-state index in [1.807, 2.05) is 0 Å². The molecule has 2 rings (SSSR count). The molecule has 0 aromatic heterocycles. The van der Waals surface area contributed by atoms with Crippen molar-refractivity contribution in [1.29, 1.82) is 0 Å². The lowest BCUT2D eigenvalue weighted by molar-refractivity contribution is -0.237. The Morgan fingerprint density at radius 1 is 1.00 bits per heavy atom. The molecule has 0 spiro atoms. The van der Waals surface area contributed by atoms with Crippen molar-refractivity contribution in [2.24, 2.45) is 0 Å². The van der Waals surface area contributed by atoms with E-state index in [-0.39, 0.29) is 23.8 Å². The van der Waals surface area contributed by atoms with E-state index in [1.54, 1.807) is 0 Å². The fraction of sp³-hybridized carbons (Fsp3) is 0.316. The van der Waals surface area contributed by atoms with Gasteiger partial charge in [0.15, 0.2) is 0 Å². The second kappa shape index (κ2) is 9.41. The molecule has 0 aliphatic heterocycles. The molecule has 0 fully saturated rings. The van der Waals surface area contributed by atoms with Crippen LogP contribution in [0, 0.1) is 0 Å². The molecule has 0 heterocycles. The van der Waals surface area contributed by atoms with E-state index in [0.717, 1.165) is 24.3 Å².